The van der Waals surface area contributed by atoms with Gasteiger partial charge in [-0.2, -0.15) is 0 Å². The largest absolute Gasteiger partial charge is 0.481 e. The Balaban J connectivity index is 1.79. The van der Waals surface area contributed by atoms with Gasteiger partial charge in [-0.25, -0.2) is 0 Å². The summed E-state index contributed by atoms with van der Waals surface area (Å²) in [5.74, 6) is 0.727. The lowest BCUT2D eigenvalue weighted by Gasteiger charge is -2.60. The summed E-state index contributed by atoms with van der Waals surface area (Å²) in [5, 5.41) is 9.78. The van der Waals surface area contributed by atoms with E-state index in [0.29, 0.717) is 11.8 Å². The minimum atomic E-state index is -0.539. The molecule has 0 radical (unpaired) electrons. The predicted molar refractivity (Wildman–Crippen MR) is 77.6 cm³/mol. The van der Waals surface area contributed by atoms with Crippen molar-refractivity contribution >= 4 is 5.97 Å². The van der Waals surface area contributed by atoms with E-state index in [1.807, 2.05) is 0 Å². The summed E-state index contributed by atoms with van der Waals surface area (Å²) in [5.41, 5.74) is 2.40. The van der Waals surface area contributed by atoms with Crippen LogP contribution in [0.15, 0.2) is 24.3 Å². The summed E-state index contributed by atoms with van der Waals surface area (Å²) in [6, 6.07) is 8.86. The van der Waals surface area contributed by atoms with Gasteiger partial charge in [0.2, 0.25) is 0 Å². The highest BCUT2D eigenvalue weighted by Crippen LogP contribution is 2.65. The van der Waals surface area contributed by atoms with E-state index in [1.165, 1.54) is 30.4 Å². The van der Waals surface area contributed by atoms with Gasteiger partial charge in [-0.05, 0) is 68.3 Å². The van der Waals surface area contributed by atoms with Crippen LogP contribution in [0.25, 0.3) is 0 Å². The van der Waals surface area contributed by atoms with Crippen molar-refractivity contribution < 1.29 is 9.90 Å². The molecule has 106 valence electrons. The van der Waals surface area contributed by atoms with E-state index in [0.717, 1.165) is 19.3 Å². The zero-order valence-electron chi connectivity index (χ0n) is 12.1. The highest BCUT2D eigenvalue weighted by atomic mass is 16.4. The van der Waals surface area contributed by atoms with Crippen molar-refractivity contribution in [2.24, 2.45) is 17.3 Å². The number of hydrogen-bond donors (Lipinski definition) is 1. The van der Waals surface area contributed by atoms with Gasteiger partial charge in [-0.3, -0.25) is 4.79 Å². The fourth-order valence-corrected chi connectivity index (χ4v) is 5.76. The number of carboxylic acids is 1. The van der Waals surface area contributed by atoms with E-state index in [9.17, 15) is 9.90 Å². The van der Waals surface area contributed by atoms with Gasteiger partial charge in [0.05, 0.1) is 5.41 Å². The average molecular weight is 270 g/mol. The molecule has 0 heterocycles. The third-order valence-corrected chi connectivity index (χ3v) is 6.18. The van der Waals surface area contributed by atoms with Crippen molar-refractivity contribution in [2.45, 2.75) is 50.9 Å². The molecule has 4 aliphatic carbocycles. The zero-order chi connectivity index (χ0) is 14.0. The topological polar surface area (TPSA) is 37.3 Å². The van der Waals surface area contributed by atoms with Crippen LogP contribution in [0.1, 0.15) is 49.7 Å². The average Bonchev–Trinajstić information content (AvgIpc) is 2.37. The van der Waals surface area contributed by atoms with Gasteiger partial charge in [-0.1, -0.05) is 29.8 Å². The summed E-state index contributed by atoms with van der Waals surface area (Å²) in [6.07, 6.45) is 6.40. The SMILES string of the molecule is Cc1ccc(C23C[C@@H]4C[C@H](CC(C(=O)O)(C4)C2)C3)cc1. The summed E-state index contributed by atoms with van der Waals surface area (Å²) in [6.45, 7) is 2.11. The Morgan fingerprint density at radius 2 is 1.70 bits per heavy atom. The molecule has 1 N–H and O–H groups in total. The van der Waals surface area contributed by atoms with Gasteiger partial charge in [0.15, 0.2) is 0 Å². The molecule has 2 atom stereocenters. The predicted octanol–water partition coefficient (Wildman–Crippen LogP) is 3.92. The Bertz CT molecular complexity index is 543. The Hall–Kier alpha value is -1.31. The van der Waals surface area contributed by atoms with Crippen molar-refractivity contribution in [3.05, 3.63) is 35.4 Å². The van der Waals surface area contributed by atoms with Crippen LogP contribution in [-0.4, -0.2) is 11.1 Å². The molecule has 1 aromatic carbocycles. The highest BCUT2D eigenvalue weighted by Gasteiger charge is 2.61. The highest BCUT2D eigenvalue weighted by molar-refractivity contribution is 5.76. The van der Waals surface area contributed by atoms with Crippen LogP contribution in [0.3, 0.4) is 0 Å². The van der Waals surface area contributed by atoms with Gasteiger partial charge in [-0.15, -0.1) is 0 Å². The second kappa shape index (κ2) is 3.87. The van der Waals surface area contributed by atoms with Crippen LogP contribution in [0.5, 0.6) is 0 Å². The van der Waals surface area contributed by atoms with E-state index >= 15 is 0 Å². The first-order chi connectivity index (χ1) is 9.51. The number of hydrogen-bond acceptors (Lipinski definition) is 1. The number of aliphatic carboxylic acids is 1. The smallest absolute Gasteiger partial charge is 0.309 e. The normalized spacial score (nSPS) is 41.9. The van der Waals surface area contributed by atoms with Gasteiger partial charge >= 0.3 is 5.97 Å². The number of rotatable bonds is 2. The Morgan fingerprint density at radius 3 is 2.25 bits per heavy atom. The molecular formula is C18H22O2. The van der Waals surface area contributed by atoms with Crippen molar-refractivity contribution in [1.29, 1.82) is 0 Å². The molecular weight excluding hydrogens is 248 g/mol. The summed E-state index contributed by atoms with van der Waals surface area (Å²) >= 11 is 0. The molecule has 4 bridgehead atoms. The lowest BCUT2D eigenvalue weighted by atomic mass is 9.43. The van der Waals surface area contributed by atoms with Crippen LogP contribution >= 0.6 is 0 Å². The number of benzene rings is 1. The fourth-order valence-electron chi connectivity index (χ4n) is 5.76. The molecule has 0 saturated heterocycles. The molecule has 4 fully saturated rings. The summed E-state index contributed by atoms with van der Waals surface area (Å²) < 4.78 is 0. The number of carbonyl (C=O) groups is 1. The minimum absolute atomic E-state index is 0.149. The Morgan fingerprint density at radius 1 is 1.10 bits per heavy atom. The second-order valence-corrected chi connectivity index (χ2v) is 7.69. The van der Waals surface area contributed by atoms with E-state index in [2.05, 4.69) is 31.2 Å². The third-order valence-electron chi connectivity index (χ3n) is 6.18. The van der Waals surface area contributed by atoms with Crippen LogP contribution in [0, 0.1) is 24.2 Å². The first-order valence-electron chi connectivity index (χ1n) is 7.82. The van der Waals surface area contributed by atoms with Gasteiger partial charge in [0, 0.05) is 0 Å². The lowest BCUT2D eigenvalue weighted by Crippen LogP contribution is -2.56. The molecule has 4 aliphatic rings. The monoisotopic (exact) mass is 270 g/mol. The van der Waals surface area contributed by atoms with Crippen molar-refractivity contribution in [1.82, 2.24) is 0 Å². The molecule has 1 aromatic rings. The summed E-state index contributed by atoms with van der Waals surface area (Å²) in [7, 11) is 0. The molecule has 0 amide bonds. The van der Waals surface area contributed by atoms with Gasteiger partial charge in [0.25, 0.3) is 0 Å². The molecule has 2 nitrogen and oxygen atoms in total. The summed E-state index contributed by atoms with van der Waals surface area (Å²) in [4.78, 5) is 11.9. The first-order valence-corrected chi connectivity index (χ1v) is 7.82. The molecule has 0 spiro atoms. The van der Waals surface area contributed by atoms with Crippen LogP contribution < -0.4 is 0 Å². The molecule has 20 heavy (non-hydrogen) atoms. The maximum absolute atomic E-state index is 11.9. The number of aryl methyl sites for hydroxylation is 1. The van der Waals surface area contributed by atoms with E-state index in [-0.39, 0.29) is 5.41 Å². The second-order valence-electron chi connectivity index (χ2n) is 7.69. The molecule has 0 unspecified atom stereocenters. The maximum Gasteiger partial charge on any atom is 0.309 e. The van der Waals surface area contributed by atoms with Crippen molar-refractivity contribution in [2.75, 3.05) is 0 Å². The molecule has 5 rings (SSSR count). The minimum Gasteiger partial charge on any atom is -0.481 e. The van der Waals surface area contributed by atoms with Crippen molar-refractivity contribution in [3.63, 3.8) is 0 Å². The van der Waals surface area contributed by atoms with E-state index in [1.54, 1.807) is 0 Å². The molecule has 4 saturated carbocycles. The first kappa shape index (κ1) is 12.4. The molecule has 0 aliphatic heterocycles. The standard InChI is InChI=1S/C18H22O2/c1-12-2-4-15(5-3-12)17-7-13-6-14(8-17)10-18(9-13,11-17)16(19)20/h2-5,13-14H,6-11H2,1H3,(H,19,20)/t13-,14-,17?,18?/m0/s1. The zero-order valence-corrected chi connectivity index (χ0v) is 12.1. The van der Waals surface area contributed by atoms with Crippen molar-refractivity contribution in [3.8, 4) is 0 Å². The van der Waals surface area contributed by atoms with Crippen LogP contribution in [0.4, 0.5) is 0 Å². The quantitative estimate of drug-likeness (QED) is 0.884. The Labute approximate surface area is 120 Å². The third kappa shape index (κ3) is 1.60. The fraction of sp³-hybridized carbons (Fsp3) is 0.611. The van der Waals surface area contributed by atoms with Gasteiger partial charge in [0.1, 0.15) is 0 Å². The van der Waals surface area contributed by atoms with Gasteiger partial charge < -0.3 is 5.11 Å². The Kier molecular flexibility index (Phi) is 2.40. The maximum atomic E-state index is 11.9. The molecule has 0 aromatic heterocycles. The van der Waals surface area contributed by atoms with Crippen LogP contribution in [-0.2, 0) is 10.2 Å². The lowest BCUT2D eigenvalue weighted by molar-refractivity contribution is -0.167. The number of carboxylic acid groups (broad SMARTS) is 1. The molecule has 2 heteroatoms. The van der Waals surface area contributed by atoms with E-state index < -0.39 is 11.4 Å². The van der Waals surface area contributed by atoms with E-state index in [4.69, 9.17) is 0 Å². The van der Waals surface area contributed by atoms with Crippen LogP contribution in [0.2, 0.25) is 0 Å².